The van der Waals surface area contributed by atoms with Gasteiger partial charge in [-0.1, -0.05) is 6.07 Å². The Morgan fingerprint density at radius 3 is 2.78 bits per heavy atom. The summed E-state index contributed by atoms with van der Waals surface area (Å²) in [7, 11) is 0. The standard InChI is InChI=1S/C18H22N2O3/c1-13-10-17(14(2)23-13)18(21)20-8-5-16(6-9-20)22-12-15-4-3-7-19-11-15/h3-4,7,10-11,16H,5-6,8-9,12H2,1-2H3. The number of hydrogen-bond acceptors (Lipinski definition) is 4. The zero-order chi connectivity index (χ0) is 16.2. The van der Waals surface area contributed by atoms with Crippen molar-refractivity contribution in [1.29, 1.82) is 0 Å². The highest BCUT2D eigenvalue weighted by molar-refractivity contribution is 5.95. The van der Waals surface area contributed by atoms with Crippen LogP contribution in [0.3, 0.4) is 0 Å². The summed E-state index contributed by atoms with van der Waals surface area (Å²) in [6.45, 7) is 5.72. The zero-order valence-electron chi connectivity index (χ0n) is 13.6. The fourth-order valence-corrected chi connectivity index (χ4v) is 2.94. The van der Waals surface area contributed by atoms with Crippen molar-refractivity contribution < 1.29 is 13.9 Å². The first-order valence-electron chi connectivity index (χ1n) is 8.00. The molecule has 1 fully saturated rings. The van der Waals surface area contributed by atoms with Crippen LogP contribution < -0.4 is 0 Å². The molecule has 0 bridgehead atoms. The summed E-state index contributed by atoms with van der Waals surface area (Å²) < 4.78 is 11.4. The summed E-state index contributed by atoms with van der Waals surface area (Å²) in [6.07, 6.45) is 5.51. The topological polar surface area (TPSA) is 55.6 Å². The zero-order valence-corrected chi connectivity index (χ0v) is 13.6. The maximum Gasteiger partial charge on any atom is 0.257 e. The van der Waals surface area contributed by atoms with Crippen LogP contribution in [0.5, 0.6) is 0 Å². The molecule has 2 aromatic rings. The number of likely N-dealkylation sites (tertiary alicyclic amines) is 1. The maximum atomic E-state index is 12.5. The van der Waals surface area contributed by atoms with E-state index in [9.17, 15) is 4.79 Å². The van der Waals surface area contributed by atoms with E-state index in [1.54, 1.807) is 6.20 Å². The van der Waals surface area contributed by atoms with Gasteiger partial charge in [-0.05, 0) is 44.4 Å². The van der Waals surface area contributed by atoms with Crippen LogP contribution in [-0.2, 0) is 11.3 Å². The highest BCUT2D eigenvalue weighted by Crippen LogP contribution is 2.20. The van der Waals surface area contributed by atoms with Gasteiger partial charge in [0.05, 0.1) is 18.3 Å². The third-order valence-corrected chi connectivity index (χ3v) is 4.21. The van der Waals surface area contributed by atoms with E-state index in [0.29, 0.717) is 17.9 Å². The van der Waals surface area contributed by atoms with Crippen molar-refractivity contribution in [2.24, 2.45) is 0 Å². The molecule has 3 rings (SSSR count). The first-order valence-corrected chi connectivity index (χ1v) is 8.00. The lowest BCUT2D eigenvalue weighted by Crippen LogP contribution is -2.40. The summed E-state index contributed by atoms with van der Waals surface area (Å²) in [4.78, 5) is 18.5. The fourth-order valence-electron chi connectivity index (χ4n) is 2.94. The fraction of sp³-hybridized carbons (Fsp3) is 0.444. The molecule has 3 heterocycles. The van der Waals surface area contributed by atoms with Crippen molar-refractivity contribution in [3.05, 3.63) is 53.2 Å². The van der Waals surface area contributed by atoms with Crippen LogP contribution in [0.2, 0.25) is 0 Å². The molecule has 1 amide bonds. The molecule has 0 aromatic carbocycles. The number of nitrogens with zero attached hydrogens (tertiary/aromatic N) is 2. The van der Waals surface area contributed by atoms with Crippen LogP contribution in [0.15, 0.2) is 35.0 Å². The van der Waals surface area contributed by atoms with Crippen LogP contribution in [0, 0.1) is 13.8 Å². The first-order chi connectivity index (χ1) is 11.1. The normalized spacial score (nSPS) is 15.8. The third-order valence-electron chi connectivity index (χ3n) is 4.21. The Bertz CT molecular complexity index is 658. The molecule has 0 atom stereocenters. The van der Waals surface area contributed by atoms with E-state index in [2.05, 4.69) is 4.98 Å². The Kier molecular flexibility index (Phi) is 4.76. The van der Waals surface area contributed by atoms with Crippen LogP contribution in [-0.4, -0.2) is 35.0 Å². The number of ether oxygens (including phenoxy) is 1. The quantitative estimate of drug-likeness (QED) is 0.870. The number of amides is 1. The minimum absolute atomic E-state index is 0.0602. The molecule has 122 valence electrons. The molecule has 1 aliphatic rings. The highest BCUT2D eigenvalue weighted by atomic mass is 16.5. The molecular weight excluding hydrogens is 292 g/mol. The van der Waals surface area contributed by atoms with E-state index >= 15 is 0 Å². The van der Waals surface area contributed by atoms with Gasteiger partial charge in [-0.2, -0.15) is 0 Å². The predicted molar refractivity (Wildman–Crippen MR) is 86.1 cm³/mol. The summed E-state index contributed by atoms with van der Waals surface area (Å²) in [6, 6.07) is 5.74. The number of aryl methyl sites for hydroxylation is 2. The lowest BCUT2D eigenvalue weighted by molar-refractivity contribution is -0.000499. The van der Waals surface area contributed by atoms with Crippen molar-refractivity contribution in [1.82, 2.24) is 9.88 Å². The number of piperidine rings is 1. The van der Waals surface area contributed by atoms with Gasteiger partial charge < -0.3 is 14.1 Å². The van der Waals surface area contributed by atoms with Gasteiger partial charge in [-0.3, -0.25) is 9.78 Å². The second kappa shape index (κ2) is 6.96. The van der Waals surface area contributed by atoms with E-state index in [4.69, 9.17) is 9.15 Å². The SMILES string of the molecule is Cc1cc(C(=O)N2CCC(OCc3cccnc3)CC2)c(C)o1. The predicted octanol–water partition coefficient (Wildman–Crippen LogP) is 3.11. The molecule has 0 radical (unpaired) electrons. The molecule has 0 spiro atoms. The van der Waals surface area contributed by atoms with Crippen molar-refractivity contribution >= 4 is 5.91 Å². The number of hydrogen-bond donors (Lipinski definition) is 0. The number of aromatic nitrogens is 1. The number of carbonyl (C=O) groups is 1. The van der Waals surface area contributed by atoms with Crippen LogP contribution in [0.25, 0.3) is 0 Å². The van der Waals surface area contributed by atoms with Crippen molar-refractivity contribution in [3.8, 4) is 0 Å². The van der Waals surface area contributed by atoms with E-state index in [1.165, 1.54) is 0 Å². The van der Waals surface area contributed by atoms with E-state index in [-0.39, 0.29) is 12.0 Å². The van der Waals surface area contributed by atoms with Gasteiger partial charge in [0.2, 0.25) is 0 Å². The Hall–Kier alpha value is -2.14. The summed E-state index contributed by atoms with van der Waals surface area (Å²) in [5.74, 6) is 1.54. The average Bonchev–Trinajstić information content (AvgIpc) is 2.92. The number of rotatable bonds is 4. The van der Waals surface area contributed by atoms with Gasteiger partial charge in [0.25, 0.3) is 5.91 Å². The smallest absolute Gasteiger partial charge is 0.257 e. The van der Waals surface area contributed by atoms with Gasteiger partial charge in [0.1, 0.15) is 11.5 Å². The van der Waals surface area contributed by atoms with Gasteiger partial charge in [-0.15, -0.1) is 0 Å². The Morgan fingerprint density at radius 1 is 1.39 bits per heavy atom. The number of furan rings is 1. The minimum atomic E-state index is 0.0602. The van der Waals surface area contributed by atoms with Gasteiger partial charge in [0.15, 0.2) is 0 Å². The Labute approximate surface area is 136 Å². The van der Waals surface area contributed by atoms with Crippen LogP contribution >= 0.6 is 0 Å². The Balaban J connectivity index is 1.50. The summed E-state index contributed by atoms with van der Waals surface area (Å²) in [5.41, 5.74) is 1.76. The lowest BCUT2D eigenvalue weighted by atomic mass is 10.1. The molecule has 0 N–H and O–H groups in total. The van der Waals surface area contributed by atoms with Crippen LogP contribution in [0.4, 0.5) is 0 Å². The number of carbonyl (C=O) groups excluding carboxylic acids is 1. The second-order valence-corrected chi connectivity index (χ2v) is 5.99. The average molecular weight is 314 g/mol. The summed E-state index contributed by atoms with van der Waals surface area (Å²) >= 11 is 0. The van der Waals surface area contributed by atoms with Gasteiger partial charge in [-0.25, -0.2) is 0 Å². The molecule has 0 saturated carbocycles. The molecule has 5 nitrogen and oxygen atoms in total. The third kappa shape index (κ3) is 3.79. The first kappa shape index (κ1) is 15.7. The molecule has 1 saturated heterocycles. The highest BCUT2D eigenvalue weighted by Gasteiger charge is 2.26. The van der Waals surface area contributed by atoms with Gasteiger partial charge in [0, 0.05) is 25.5 Å². The molecule has 0 aliphatic carbocycles. The molecule has 0 unspecified atom stereocenters. The molecule has 23 heavy (non-hydrogen) atoms. The maximum absolute atomic E-state index is 12.5. The van der Waals surface area contributed by atoms with Crippen molar-refractivity contribution in [3.63, 3.8) is 0 Å². The minimum Gasteiger partial charge on any atom is -0.466 e. The van der Waals surface area contributed by atoms with E-state index in [1.807, 2.05) is 43.1 Å². The molecule has 2 aromatic heterocycles. The van der Waals surface area contributed by atoms with Crippen molar-refractivity contribution in [2.75, 3.05) is 13.1 Å². The second-order valence-electron chi connectivity index (χ2n) is 5.99. The Morgan fingerprint density at radius 2 is 2.17 bits per heavy atom. The molecule has 1 aliphatic heterocycles. The lowest BCUT2D eigenvalue weighted by Gasteiger charge is -2.31. The van der Waals surface area contributed by atoms with Crippen molar-refractivity contribution in [2.45, 2.75) is 39.4 Å². The summed E-state index contributed by atoms with van der Waals surface area (Å²) in [5, 5.41) is 0. The van der Waals surface area contributed by atoms with Gasteiger partial charge >= 0.3 is 0 Å². The molecule has 5 heteroatoms. The largest absolute Gasteiger partial charge is 0.466 e. The number of pyridine rings is 1. The van der Waals surface area contributed by atoms with E-state index < -0.39 is 0 Å². The molecular formula is C18H22N2O3. The monoisotopic (exact) mass is 314 g/mol. The van der Waals surface area contributed by atoms with E-state index in [0.717, 1.165) is 37.3 Å². The van der Waals surface area contributed by atoms with Crippen LogP contribution in [0.1, 0.15) is 40.3 Å².